The molecule has 0 atom stereocenters. The Kier molecular flexibility index (Phi) is 7.25. The number of ether oxygens (including phenoxy) is 3. The molecule has 2 rings (SSSR count). The monoisotopic (exact) mass is 350 g/mol. The van der Waals surface area contributed by atoms with Crippen LogP contribution in [0.15, 0.2) is 67.3 Å². The van der Waals surface area contributed by atoms with E-state index in [-0.39, 0.29) is 5.78 Å². The van der Waals surface area contributed by atoms with Crippen molar-refractivity contribution in [2.45, 2.75) is 0 Å². The third kappa shape index (κ3) is 5.67. The molecule has 0 aliphatic heterocycles. The number of hydrogen-bond donors (Lipinski definition) is 0. The summed E-state index contributed by atoms with van der Waals surface area (Å²) in [6, 6.07) is 13.0. The number of carbonyl (C=O) groups excluding carboxylic acids is 1. The van der Waals surface area contributed by atoms with E-state index < -0.39 is 0 Å². The van der Waals surface area contributed by atoms with Crippen LogP contribution in [0.25, 0.3) is 12.2 Å². The van der Waals surface area contributed by atoms with Gasteiger partial charge in [0.25, 0.3) is 0 Å². The first kappa shape index (κ1) is 19.1. The van der Waals surface area contributed by atoms with Gasteiger partial charge in [0.2, 0.25) is 0 Å². The van der Waals surface area contributed by atoms with Crippen molar-refractivity contribution in [2.24, 2.45) is 0 Å². The minimum atomic E-state index is -0.105. The maximum Gasteiger partial charge on any atom is 0.178 e. The number of allylic oxidation sites excluding steroid dienone is 2. The zero-order valence-corrected chi connectivity index (χ0v) is 15.0. The second-order valence-corrected chi connectivity index (χ2v) is 5.35. The van der Waals surface area contributed by atoms with Crippen molar-refractivity contribution in [3.05, 3.63) is 78.4 Å². The van der Waals surface area contributed by atoms with Gasteiger partial charge in [-0.25, -0.2) is 0 Å². The van der Waals surface area contributed by atoms with Gasteiger partial charge >= 0.3 is 0 Å². The van der Waals surface area contributed by atoms with E-state index in [0.717, 1.165) is 16.9 Å². The van der Waals surface area contributed by atoms with E-state index >= 15 is 0 Å². The van der Waals surface area contributed by atoms with Gasteiger partial charge in [-0.1, -0.05) is 43.0 Å². The van der Waals surface area contributed by atoms with Gasteiger partial charge in [-0.15, -0.1) is 0 Å². The molecule has 0 fully saturated rings. The summed E-state index contributed by atoms with van der Waals surface area (Å²) in [7, 11) is 3.16. The van der Waals surface area contributed by atoms with Crippen LogP contribution in [0.4, 0.5) is 0 Å². The highest BCUT2D eigenvalue weighted by Crippen LogP contribution is 2.27. The maximum atomic E-state index is 12.0. The van der Waals surface area contributed by atoms with Crippen molar-refractivity contribution in [1.82, 2.24) is 0 Å². The molecule has 4 nitrogen and oxygen atoms in total. The smallest absolute Gasteiger partial charge is 0.178 e. The molecule has 134 valence electrons. The van der Waals surface area contributed by atoms with Crippen LogP contribution >= 0.6 is 0 Å². The lowest BCUT2D eigenvalue weighted by molar-refractivity contribution is -0.110. The Morgan fingerprint density at radius 2 is 1.54 bits per heavy atom. The molecule has 0 saturated heterocycles. The SMILES string of the molecule is C=CCOc1ccc(/C=C/C(=O)/C=C/c2ccc(OC)c(OC)c2)cc1. The van der Waals surface area contributed by atoms with Gasteiger partial charge in [-0.3, -0.25) is 4.79 Å². The van der Waals surface area contributed by atoms with E-state index in [1.807, 2.05) is 36.4 Å². The minimum absolute atomic E-state index is 0.105. The molecular weight excluding hydrogens is 328 g/mol. The number of carbonyl (C=O) groups is 1. The number of benzene rings is 2. The molecule has 0 radical (unpaired) electrons. The average molecular weight is 350 g/mol. The Bertz CT molecular complexity index is 801. The Morgan fingerprint density at radius 3 is 2.15 bits per heavy atom. The number of hydrogen-bond acceptors (Lipinski definition) is 4. The number of ketones is 1. The Morgan fingerprint density at radius 1 is 0.923 bits per heavy atom. The highest BCUT2D eigenvalue weighted by Gasteiger charge is 2.02. The standard InChI is InChI=1S/C22H22O4/c1-4-15-26-20-12-7-17(8-13-20)5-10-19(23)11-6-18-9-14-21(24-2)22(16-18)25-3/h4-14,16H,1,15H2,2-3H3/b10-5+,11-6+. The second-order valence-electron chi connectivity index (χ2n) is 5.35. The van der Waals surface area contributed by atoms with Crippen molar-refractivity contribution in [2.75, 3.05) is 20.8 Å². The van der Waals surface area contributed by atoms with Gasteiger partial charge in [-0.05, 0) is 47.5 Å². The average Bonchev–Trinajstić information content (AvgIpc) is 2.69. The molecule has 0 saturated carbocycles. The third-order valence-electron chi connectivity index (χ3n) is 3.54. The largest absolute Gasteiger partial charge is 0.493 e. The van der Waals surface area contributed by atoms with Crippen LogP contribution in [0.5, 0.6) is 17.2 Å². The first-order valence-electron chi connectivity index (χ1n) is 8.12. The normalized spacial score (nSPS) is 10.8. The molecule has 26 heavy (non-hydrogen) atoms. The predicted molar refractivity (Wildman–Crippen MR) is 105 cm³/mol. The van der Waals surface area contributed by atoms with Gasteiger partial charge in [0, 0.05) is 0 Å². The fourth-order valence-electron chi connectivity index (χ4n) is 2.20. The van der Waals surface area contributed by atoms with E-state index in [4.69, 9.17) is 14.2 Å². The van der Waals surface area contributed by atoms with E-state index in [1.165, 1.54) is 12.2 Å². The molecule has 2 aromatic carbocycles. The molecule has 0 aliphatic carbocycles. The van der Waals surface area contributed by atoms with Crippen LogP contribution in [0.3, 0.4) is 0 Å². The van der Waals surface area contributed by atoms with Crippen LogP contribution in [-0.4, -0.2) is 26.6 Å². The van der Waals surface area contributed by atoms with Crippen molar-refractivity contribution >= 4 is 17.9 Å². The fourth-order valence-corrected chi connectivity index (χ4v) is 2.20. The molecule has 0 spiro atoms. The van der Waals surface area contributed by atoms with E-state index in [9.17, 15) is 4.79 Å². The first-order valence-corrected chi connectivity index (χ1v) is 8.12. The van der Waals surface area contributed by atoms with Gasteiger partial charge < -0.3 is 14.2 Å². The molecule has 2 aromatic rings. The molecule has 0 bridgehead atoms. The lowest BCUT2D eigenvalue weighted by Crippen LogP contribution is -1.92. The highest BCUT2D eigenvalue weighted by atomic mass is 16.5. The second kappa shape index (κ2) is 9.89. The van der Waals surface area contributed by atoms with E-state index in [1.54, 1.807) is 38.5 Å². The summed E-state index contributed by atoms with van der Waals surface area (Å²) in [5.74, 6) is 1.93. The van der Waals surface area contributed by atoms with E-state index in [0.29, 0.717) is 18.1 Å². The molecule has 4 heteroatoms. The summed E-state index contributed by atoms with van der Waals surface area (Å²) in [6.07, 6.45) is 8.23. The summed E-state index contributed by atoms with van der Waals surface area (Å²) in [5.41, 5.74) is 1.77. The van der Waals surface area contributed by atoms with Crippen LogP contribution in [0.2, 0.25) is 0 Å². The predicted octanol–water partition coefficient (Wildman–Crippen LogP) is 4.56. The fraction of sp³-hybridized carbons (Fsp3) is 0.136. The summed E-state index contributed by atoms with van der Waals surface area (Å²) in [6.45, 7) is 4.07. The first-order chi connectivity index (χ1) is 12.7. The molecule has 0 unspecified atom stereocenters. The van der Waals surface area contributed by atoms with Crippen LogP contribution < -0.4 is 14.2 Å². The summed E-state index contributed by atoms with van der Waals surface area (Å²) in [4.78, 5) is 12.0. The Hall–Kier alpha value is -3.27. The van der Waals surface area contributed by atoms with Crippen molar-refractivity contribution < 1.29 is 19.0 Å². The van der Waals surface area contributed by atoms with Crippen LogP contribution in [-0.2, 0) is 4.79 Å². The molecule has 0 heterocycles. The zero-order valence-electron chi connectivity index (χ0n) is 15.0. The highest BCUT2D eigenvalue weighted by molar-refractivity contribution is 6.04. The van der Waals surface area contributed by atoms with Gasteiger partial charge in [0.1, 0.15) is 12.4 Å². The Labute approximate surface area is 154 Å². The lowest BCUT2D eigenvalue weighted by atomic mass is 10.1. The van der Waals surface area contributed by atoms with Crippen LogP contribution in [0, 0.1) is 0 Å². The van der Waals surface area contributed by atoms with Gasteiger partial charge in [0.05, 0.1) is 14.2 Å². The summed E-state index contributed by atoms with van der Waals surface area (Å²) < 4.78 is 15.9. The zero-order chi connectivity index (χ0) is 18.8. The quantitative estimate of drug-likeness (QED) is 0.491. The molecule has 0 aromatic heterocycles. The third-order valence-corrected chi connectivity index (χ3v) is 3.54. The van der Waals surface area contributed by atoms with E-state index in [2.05, 4.69) is 6.58 Å². The minimum Gasteiger partial charge on any atom is -0.493 e. The molecule has 0 N–H and O–H groups in total. The Balaban J connectivity index is 1.98. The van der Waals surface area contributed by atoms with Crippen LogP contribution in [0.1, 0.15) is 11.1 Å². The topological polar surface area (TPSA) is 44.8 Å². The maximum absolute atomic E-state index is 12.0. The summed E-state index contributed by atoms with van der Waals surface area (Å²) >= 11 is 0. The van der Waals surface area contributed by atoms with Crippen molar-refractivity contribution in [3.63, 3.8) is 0 Å². The number of rotatable bonds is 9. The molecular formula is C22H22O4. The number of methoxy groups -OCH3 is 2. The molecule has 0 amide bonds. The summed E-state index contributed by atoms with van der Waals surface area (Å²) in [5, 5.41) is 0. The lowest BCUT2D eigenvalue weighted by Gasteiger charge is -2.07. The van der Waals surface area contributed by atoms with Gasteiger partial charge in [-0.2, -0.15) is 0 Å². The van der Waals surface area contributed by atoms with Crippen molar-refractivity contribution in [1.29, 1.82) is 0 Å². The van der Waals surface area contributed by atoms with Gasteiger partial charge in [0.15, 0.2) is 17.3 Å². The van der Waals surface area contributed by atoms with Crippen molar-refractivity contribution in [3.8, 4) is 17.2 Å². The molecule has 0 aliphatic rings.